The topological polar surface area (TPSA) is 54.9 Å². The molecule has 0 unspecified atom stereocenters. The van der Waals surface area contributed by atoms with Crippen molar-refractivity contribution >= 4 is 45.7 Å². The smallest absolute Gasteiger partial charge is 0.274 e. The Balaban J connectivity index is 2.04. The lowest BCUT2D eigenvalue weighted by Gasteiger charge is -2.09. The van der Waals surface area contributed by atoms with Gasteiger partial charge in [0.05, 0.1) is 21.2 Å². The zero-order valence-corrected chi connectivity index (χ0v) is 12.2. The van der Waals surface area contributed by atoms with Gasteiger partial charge in [0.1, 0.15) is 5.69 Å². The van der Waals surface area contributed by atoms with Gasteiger partial charge >= 0.3 is 0 Å². The van der Waals surface area contributed by atoms with E-state index >= 15 is 0 Å². The molecule has 0 saturated heterocycles. The van der Waals surface area contributed by atoms with E-state index in [0.717, 1.165) is 0 Å². The summed E-state index contributed by atoms with van der Waals surface area (Å²) in [5.74, 6) is -0.319. The number of carbonyl (C=O) groups is 1. The molecular weight excluding hydrogens is 309 g/mol. The van der Waals surface area contributed by atoms with Crippen LogP contribution in [0.2, 0.25) is 10.0 Å². The second-order valence-corrected chi connectivity index (χ2v) is 5.09. The number of benzene rings is 1. The van der Waals surface area contributed by atoms with E-state index in [0.29, 0.717) is 32.3 Å². The summed E-state index contributed by atoms with van der Waals surface area (Å²) in [6, 6.07) is 10.1. The van der Waals surface area contributed by atoms with E-state index in [-0.39, 0.29) is 5.91 Å². The third kappa shape index (κ3) is 2.68. The van der Waals surface area contributed by atoms with Gasteiger partial charge in [-0.15, -0.1) is 0 Å². The zero-order chi connectivity index (χ0) is 14.8. The van der Waals surface area contributed by atoms with Crippen LogP contribution in [0.5, 0.6) is 0 Å². The van der Waals surface area contributed by atoms with Crippen molar-refractivity contribution in [3.8, 4) is 0 Å². The summed E-state index contributed by atoms with van der Waals surface area (Å²) in [4.78, 5) is 20.4. The fourth-order valence-corrected chi connectivity index (χ4v) is 2.52. The number of aromatic nitrogens is 2. The van der Waals surface area contributed by atoms with Gasteiger partial charge < -0.3 is 5.32 Å². The van der Waals surface area contributed by atoms with Crippen molar-refractivity contribution in [3.63, 3.8) is 0 Å². The van der Waals surface area contributed by atoms with Crippen molar-refractivity contribution in [1.29, 1.82) is 0 Å². The van der Waals surface area contributed by atoms with Crippen molar-refractivity contribution in [2.75, 3.05) is 5.32 Å². The van der Waals surface area contributed by atoms with Crippen LogP contribution in [-0.4, -0.2) is 15.9 Å². The van der Waals surface area contributed by atoms with Crippen LogP contribution >= 0.6 is 23.2 Å². The Kier molecular flexibility index (Phi) is 3.73. The highest BCUT2D eigenvalue weighted by Crippen LogP contribution is 2.33. The van der Waals surface area contributed by atoms with Gasteiger partial charge in [-0.1, -0.05) is 29.3 Å². The largest absolute Gasteiger partial charge is 0.319 e. The summed E-state index contributed by atoms with van der Waals surface area (Å²) < 4.78 is 0. The lowest BCUT2D eigenvalue weighted by molar-refractivity contribution is 0.102. The Hall–Kier alpha value is -2.17. The number of nitrogens with zero attached hydrogens (tertiary/aromatic N) is 2. The quantitative estimate of drug-likeness (QED) is 0.771. The lowest BCUT2D eigenvalue weighted by atomic mass is 10.2. The molecule has 1 N–H and O–H groups in total. The van der Waals surface area contributed by atoms with Crippen molar-refractivity contribution in [2.45, 2.75) is 0 Å². The molecule has 0 saturated carbocycles. The zero-order valence-electron chi connectivity index (χ0n) is 10.7. The van der Waals surface area contributed by atoms with E-state index in [2.05, 4.69) is 15.3 Å². The minimum atomic E-state index is -0.319. The van der Waals surface area contributed by atoms with E-state index in [9.17, 15) is 4.79 Å². The predicted octanol–water partition coefficient (Wildman–Crippen LogP) is 4.19. The van der Waals surface area contributed by atoms with Crippen LogP contribution in [0.4, 0.5) is 5.69 Å². The number of anilines is 1. The number of rotatable bonds is 2. The van der Waals surface area contributed by atoms with Gasteiger partial charge in [0.2, 0.25) is 0 Å². The first-order valence-corrected chi connectivity index (χ1v) is 6.87. The number of pyridine rings is 2. The minimum Gasteiger partial charge on any atom is -0.319 e. The summed E-state index contributed by atoms with van der Waals surface area (Å²) in [6.07, 6.45) is 3.13. The van der Waals surface area contributed by atoms with Crippen molar-refractivity contribution in [3.05, 3.63) is 64.5 Å². The summed E-state index contributed by atoms with van der Waals surface area (Å²) >= 11 is 12.3. The molecule has 0 radical (unpaired) electrons. The number of fused-ring (bicyclic) bond motifs is 1. The van der Waals surface area contributed by atoms with Crippen LogP contribution in [0.15, 0.2) is 48.8 Å². The summed E-state index contributed by atoms with van der Waals surface area (Å²) in [6.45, 7) is 0. The third-order valence-electron chi connectivity index (χ3n) is 2.94. The molecule has 6 heteroatoms. The first-order valence-electron chi connectivity index (χ1n) is 6.12. The highest BCUT2D eigenvalue weighted by molar-refractivity contribution is 6.42. The summed E-state index contributed by atoms with van der Waals surface area (Å²) in [5.41, 5.74) is 1.40. The standard InChI is InChI=1S/C15H9Cl2N3O/c16-9-4-5-11(14-13(9)10(17)6-8-19-14)20-15(21)12-3-1-2-7-18-12/h1-8H,(H,20,21). The van der Waals surface area contributed by atoms with Gasteiger partial charge in [0.25, 0.3) is 5.91 Å². The van der Waals surface area contributed by atoms with Crippen molar-refractivity contribution in [1.82, 2.24) is 9.97 Å². The van der Waals surface area contributed by atoms with E-state index in [1.165, 1.54) is 0 Å². The second kappa shape index (κ2) is 5.68. The van der Waals surface area contributed by atoms with Crippen LogP contribution in [0.1, 0.15) is 10.5 Å². The average Bonchev–Trinajstić information content (AvgIpc) is 2.51. The molecule has 0 atom stereocenters. The van der Waals surface area contributed by atoms with Gasteiger partial charge in [0, 0.05) is 17.8 Å². The Morgan fingerprint density at radius 3 is 2.52 bits per heavy atom. The maximum Gasteiger partial charge on any atom is 0.274 e. The van der Waals surface area contributed by atoms with Gasteiger partial charge in [0.15, 0.2) is 0 Å². The van der Waals surface area contributed by atoms with Crippen LogP contribution in [0, 0.1) is 0 Å². The van der Waals surface area contributed by atoms with Gasteiger partial charge in [-0.05, 0) is 30.3 Å². The molecule has 1 aromatic carbocycles. The van der Waals surface area contributed by atoms with Gasteiger partial charge in [-0.3, -0.25) is 14.8 Å². The van der Waals surface area contributed by atoms with Gasteiger partial charge in [-0.2, -0.15) is 0 Å². The van der Waals surface area contributed by atoms with E-state index in [1.807, 2.05) is 0 Å². The number of carbonyl (C=O) groups excluding carboxylic acids is 1. The molecule has 4 nitrogen and oxygen atoms in total. The molecule has 0 aliphatic heterocycles. The average molecular weight is 318 g/mol. The van der Waals surface area contributed by atoms with Crippen molar-refractivity contribution < 1.29 is 4.79 Å². The fraction of sp³-hybridized carbons (Fsp3) is 0. The number of halogens is 2. The first-order chi connectivity index (χ1) is 10.2. The van der Waals surface area contributed by atoms with E-state index < -0.39 is 0 Å². The Morgan fingerprint density at radius 2 is 1.76 bits per heavy atom. The molecule has 2 aromatic heterocycles. The molecular formula is C15H9Cl2N3O. The molecule has 0 aliphatic carbocycles. The molecule has 0 fully saturated rings. The number of nitrogens with one attached hydrogen (secondary N) is 1. The summed E-state index contributed by atoms with van der Waals surface area (Å²) in [7, 11) is 0. The van der Waals surface area contributed by atoms with Gasteiger partial charge in [-0.25, -0.2) is 0 Å². The minimum absolute atomic E-state index is 0.319. The Morgan fingerprint density at radius 1 is 0.952 bits per heavy atom. The number of hydrogen-bond donors (Lipinski definition) is 1. The fourth-order valence-electron chi connectivity index (χ4n) is 1.97. The second-order valence-electron chi connectivity index (χ2n) is 4.28. The molecule has 0 aliphatic rings. The maximum atomic E-state index is 12.2. The van der Waals surface area contributed by atoms with E-state index in [1.54, 1.807) is 48.8 Å². The van der Waals surface area contributed by atoms with Crippen LogP contribution < -0.4 is 5.32 Å². The monoisotopic (exact) mass is 317 g/mol. The predicted molar refractivity (Wildman–Crippen MR) is 84.0 cm³/mol. The normalized spacial score (nSPS) is 10.6. The Bertz CT molecular complexity index is 814. The first kappa shape index (κ1) is 13.8. The molecule has 104 valence electrons. The summed E-state index contributed by atoms with van der Waals surface area (Å²) in [5, 5.41) is 4.36. The van der Waals surface area contributed by atoms with E-state index in [4.69, 9.17) is 23.2 Å². The number of hydrogen-bond acceptors (Lipinski definition) is 3. The maximum absolute atomic E-state index is 12.2. The van der Waals surface area contributed by atoms with Crippen LogP contribution in [-0.2, 0) is 0 Å². The third-order valence-corrected chi connectivity index (χ3v) is 3.57. The highest BCUT2D eigenvalue weighted by Gasteiger charge is 2.13. The molecule has 1 amide bonds. The molecule has 2 heterocycles. The lowest BCUT2D eigenvalue weighted by Crippen LogP contribution is -2.13. The number of amides is 1. The molecule has 0 bridgehead atoms. The highest BCUT2D eigenvalue weighted by atomic mass is 35.5. The Labute approximate surface area is 130 Å². The molecule has 3 aromatic rings. The molecule has 21 heavy (non-hydrogen) atoms. The van der Waals surface area contributed by atoms with Crippen LogP contribution in [0.25, 0.3) is 10.9 Å². The molecule has 3 rings (SSSR count). The SMILES string of the molecule is O=C(Nc1ccc(Cl)c2c(Cl)ccnc12)c1ccccn1. The van der Waals surface area contributed by atoms with Crippen molar-refractivity contribution in [2.24, 2.45) is 0 Å². The molecule has 0 spiro atoms. The van der Waals surface area contributed by atoms with Crippen LogP contribution in [0.3, 0.4) is 0 Å².